The Balaban J connectivity index is 0.000000294. The van der Waals surface area contributed by atoms with Crippen LogP contribution in [0.1, 0.15) is 45.0 Å². The van der Waals surface area contributed by atoms with Crippen LogP contribution in [0.15, 0.2) is 59.1 Å². The summed E-state index contributed by atoms with van der Waals surface area (Å²) in [6.45, 7) is 7.18. The van der Waals surface area contributed by atoms with E-state index in [4.69, 9.17) is 10.9 Å². The van der Waals surface area contributed by atoms with Gasteiger partial charge in [-0.1, -0.05) is 11.2 Å². The summed E-state index contributed by atoms with van der Waals surface area (Å²) in [5, 5.41) is 12.5. The summed E-state index contributed by atoms with van der Waals surface area (Å²) >= 11 is 4.65. The van der Waals surface area contributed by atoms with Crippen LogP contribution in [0.25, 0.3) is 0 Å². The second-order valence-corrected chi connectivity index (χ2v) is 13.3. The normalized spacial score (nSPS) is 12.7. The minimum Gasteiger partial charge on any atom is -0.410 e. The molecule has 0 fully saturated rings. The molecule has 43 heavy (non-hydrogen) atoms. The highest BCUT2D eigenvalue weighted by molar-refractivity contribution is 7.14. The molecule has 0 aliphatic carbocycles. The molecule has 0 saturated carbocycles. The molecular formula is C26H25F9N2O2S4. The molecular weight excluding hydrogens is 672 g/mol. The van der Waals surface area contributed by atoms with Crippen LogP contribution in [-0.4, -0.2) is 35.2 Å². The second-order valence-electron chi connectivity index (χ2n) is 8.29. The van der Waals surface area contributed by atoms with E-state index in [2.05, 4.69) is 29.6 Å². The van der Waals surface area contributed by atoms with Gasteiger partial charge in [0.1, 0.15) is 6.04 Å². The summed E-state index contributed by atoms with van der Waals surface area (Å²) in [7, 11) is 0. The number of alkyl halides is 9. The van der Waals surface area contributed by atoms with Gasteiger partial charge >= 0.3 is 18.5 Å². The number of halogens is 9. The molecule has 4 aromatic heterocycles. The van der Waals surface area contributed by atoms with Crippen molar-refractivity contribution in [2.75, 3.05) is 0 Å². The maximum Gasteiger partial charge on any atom is 0.455 e. The van der Waals surface area contributed by atoms with E-state index in [1.54, 1.807) is 38.2 Å². The quantitative estimate of drug-likeness (QED) is 0.0736. The minimum atomic E-state index is -4.75. The SMILES string of the molecule is Cc1ccc(/C(=N\O)C(F)(F)F)s1.Cc1ccc(C(=O)C(F)(F)F)s1.Cc1ccc(C(N)C(F)(F)F)s1.Cc1cccs1. The third-order valence-corrected chi connectivity index (χ3v) is 8.54. The number of nitrogens with two attached hydrogens (primary N) is 1. The predicted molar refractivity (Wildman–Crippen MR) is 154 cm³/mol. The average molecular weight is 697 g/mol. The van der Waals surface area contributed by atoms with E-state index >= 15 is 0 Å². The van der Waals surface area contributed by atoms with Gasteiger partial charge in [0.05, 0.1) is 9.75 Å². The van der Waals surface area contributed by atoms with E-state index in [9.17, 15) is 44.3 Å². The molecule has 0 radical (unpaired) electrons. The van der Waals surface area contributed by atoms with Crippen LogP contribution in [0.3, 0.4) is 0 Å². The van der Waals surface area contributed by atoms with Crippen molar-refractivity contribution in [3.63, 3.8) is 0 Å². The average Bonchev–Trinajstić information content (AvgIpc) is 3.68. The number of rotatable bonds is 3. The van der Waals surface area contributed by atoms with Crippen molar-refractivity contribution in [3.05, 3.63) is 88.1 Å². The molecule has 4 heterocycles. The Labute approximate surface area is 256 Å². The molecule has 0 amide bonds. The lowest BCUT2D eigenvalue weighted by molar-refractivity contribution is -0.148. The number of thiophene rings is 4. The fraction of sp³-hybridized carbons (Fsp3) is 0.308. The molecule has 1 atom stereocenters. The summed E-state index contributed by atoms with van der Waals surface area (Å²) in [5.74, 6) is -1.76. The van der Waals surface area contributed by atoms with E-state index in [1.165, 1.54) is 35.2 Å². The Morgan fingerprint density at radius 2 is 1.21 bits per heavy atom. The van der Waals surface area contributed by atoms with Gasteiger partial charge in [-0.15, -0.1) is 45.3 Å². The zero-order chi connectivity index (χ0) is 33.2. The van der Waals surface area contributed by atoms with Crippen LogP contribution < -0.4 is 5.73 Å². The molecule has 0 saturated heterocycles. The van der Waals surface area contributed by atoms with Crippen molar-refractivity contribution >= 4 is 56.8 Å². The number of aryl methyl sites for hydroxylation is 4. The monoisotopic (exact) mass is 696 g/mol. The number of Topliss-reactive ketones (excluding diaryl/α,β-unsaturated/α-hetero) is 1. The first kappa shape index (κ1) is 38.3. The summed E-state index contributed by atoms with van der Waals surface area (Å²) in [6, 6.07) is 10.9. The van der Waals surface area contributed by atoms with Crippen LogP contribution >= 0.6 is 45.3 Å². The van der Waals surface area contributed by atoms with E-state index in [-0.39, 0.29) is 14.6 Å². The lowest BCUT2D eigenvalue weighted by Crippen LogP contribution is -2.27. The molecule has 0 aliphatic rings. The van der Waals surface area contributed by atoms with Crippen LogP contribution in [-0.2, 0) is 0 Å². The van der Waals surface area contributed by atoms with Crippen molar-refractivity contribution in [1.29, 1.82) is 0 Å². The maximum absolute atomic E-state index is 12.1. The Morgan fingerprint density at radius 3 is 1.49 bits per heavy atom. The highest BCUT2D eigenvalue weighted by Crippen LogP contribution is 2.34. The highest BCUT2D eigenvalue weighted by atomic mass is 32.1. The molecule has 4 nitrogen and oxygen atoms in total. The Bertz CT molecular complexity index is 1430. The Morgan fingerprint density at radius 1 is 0.721 bits per heavy atom. The van der Waals surface area contributed by atoms with E-state index in [1.807, 2.05) is 0 Å². The van der Waals surface area contributed by atoms with Crippen LogP contribution in [0.4, 0.5) is 39.5 Å². The van der Waals surface area contributed by atoms with E-state index in [0.717, 1.165) is 43.8 Å². The first-order valence-corrected chi connectivity index (χ1v) is 14.9. The zero-order valence-corrected chi connectivity index (χ0v) is 26.0. The van der Waals surface area contributed by atoms with Crippen molar-refractivity contribution < 1.29 is 49.5 Å². The van der Waals surface area contributed by atoms with Crippen molar-refractivity contribution in [1.82, 2.24) is 0 Å². The zero-order valence-electron chi connectivity index (χ0n) is 22.7. The highest BCUT2D eigenvalue weighted by Gasteiger charge is 2.40. The van der Waals surface area contributed by atoms with Crippen LogP contribution in [0, 0.1) is 27.7 Å². The number of carbonyl (C=O) groups excluding carboxylic acids is 1. The first-order chi connectivity index (χ1) is 19.7. The van der Waals surface area contributed by atoms with Gasteiger partial charge in [-0.2, -0.15) is 39.5 Å². The summed E-state index contributed by atoms with van der Waals surface area (Å²) in [5.41, 5.74) is 3.73. The molecule has 3 N–H and O–H groups in total. The topological polar surface area (TPSA) is 75.7 Å². The molecule has 17 heteroatoms. The molecule has 4 aromatic rings. The summed E-state index contributed by atoms with van der Waals surface area (Å²) in [4.78, 5) is 14.1. The molecule has 0 bridgehead atoms. The van der Waals surface area contributed by atoms with Crippen molar-refractivity contribution in [2.24, 2.45) is 10.9 Å². The van der Waals surface area contributed by atoms with E-state index < -0.39 is 36.1 Å². The van der Waals surface area contributed by atoms with Gasteiger partial charge in [0.2, 0.25) is 5.71 Å². The molecule has 1 unspecified atom stereocenters. The maximum atomic E-state index is 12.1. The van der Waals surface area contributed by atoms with Gasteiger partial charge in [0.25, 0.3) is 5.78 Å². The largest absolute Gasteiger partial charge is 0.455 e. The number of carbonyl (C=O) groups is 1. The minimum absolute atomic E-state index is 0.0764. The lowest BCUT2D eigenvalue weighted by Gasteiger charge is -2.12. The molecule has 0 spiro atoms. The predicted octanol–water partition coefficient (Wildman–Crippen LogP) is 10.3. The second kappa shape index (κ2) is 16.4. The Kier molecular flexibility index (Phi) is 14.6. The van der Waals surface area contributed by atoms with Crippen LogP contribution in [0.2, 0.25) is 0 Å². The van der Waals surface area contributed by atoms with Gasteiger partial charge in [-0.3, -0.25) is 4.79 Å². The third kappa shape index (κ3) is 13.6. The Hall–Kier alpha value is -2.73. The van der Waals surface area contributed by atoms with E-state index in [0.29, 0.717) is 4.88 Å². The van der Waals surface area contributed by atoms with Gasteiger partial charge in [0.15, 0.2) is 0 Å². The van der Waals surface area contributed by atoms with Gasteiger partial charge in [-0.25, -0.2) is 0 Å². The summed E-state index contributed by atoms with van der Waals surface area (Å²) in [6.07, 6.45) is -13.7. The number of ketones is 1. The number of oxime groups is 1. The molecule has 0 aromatic carbocycles. The van der Waals surface area contributed by atoms with Gasteiger partial charge in [-0.05, 0) is 75.5 Å². The van der Waals surface area contributed by atoms with Crippen LogP contribution in [0.5, 0.6) is 0 Å². The summed E-state index contributed by atoms with van der Waals surface area (Å²) < 4.78 is 108. The van der Waals surface area contributed by atoms with Gasteiger partial charge in [0, 0.05) is 24.4 Å². The third-order valence-electron chi connectivity index (χ3n) is 4.65. The first-order valence-electron chi connectivity index (χ1n) is 11.6. The smallest absolute Gasteiger partial charge is 0.410 e. The molecule has 238 valence electrons. The van der Waals surface area contributed by atoms with Gasteiger partial charge < -0.3 is 10.9 Å². The fourth-order valence-electron chi connectivity index (χ4n) is 2.65. The van der Waals surface area contributed by atoms with Crippen molar-refractivity contribution in [2.45, 2.75) is 52.3 Å². The molecule has 0 aliphatic heterocycles. The number of nitrogens with zero attached hydrogens (tertiary/aromatic N) is 1. The lowest BCUT2D eigenvalue weighted by atomic mass is 10.2. The fourth-order valence-corrected chi connectivity index (χ4v) is 5.78. The molecule has 4 rings (SSSR count). The standard InChI is InChI=1S/C7H6F3NOS.C7H8F3NS.C7H5F3OS.C5H6S/c1-4-2-3-5(13-4)6(11-12)7(8,9)10;2*1-4-2-3-5(12-4)6(11)7(8,9)10;1-5-3-2-4-6-5/h2-3,12H,1H3;2-3,6H,11H2,1H3;2-3H,1H3;2-4H,1H3/b11-6+;;;. The number of hydrogen-bond donors (Lipinski definition) is 2. The van der Waals surface area contributed by atoms with Crippen molar-refractivity contribution in [3.8, 4) is 0 Å². The number of hydrogen-bond acceptors (Lipinski definition) is 8.